The van der Waals surface area contributed by atoms with Crippen molar-refractivity contribution in [2.75, 3.05) is 19.0 Å². The standard InChI is InChI=1S/C20H20BrN3O4/c1-4-28-18-14(21)9-13(10-17(18)27-3)19(25)23-15-7-5-6-8-16(15)24-12(2)11-22-20(24)26/h5-11H,4H2,1-3H3,(H,22,26)(H,23,25). The molecule has 0 aliphatic carbocycles. The number of anilines is 1. The molecule has 2 N–H and O–H groups in total. The number of carbonyl (C=O) groups excluding carboxylic acids is 1. The number of aromatic nitrogens is 2. The maximum atomic E-state index is 12.9. The Morgan fingerprint density at radius 3 is 2.68 bits per heavy atom. The summed E-state index contributed by atoms with van der Waals surface area (Å²) in [6, 6.07) is 10.4. The monoisotopic (exact) mass is 445 g/mol. The van der Waals surface area contributed by atoms with Crippen LogP contribution in [0.1, 0.15) is 23.0 Å². The van der Waals surface area contributed by atoms with E-state index in [-0.39, 0.29) is 11.6 Å². The number of aromatic amines is 1. The number of nitrogens with zero attached hydrogens (tertiary/aromatic N) is 1. The van der Waals surface area contributed by atoms with Gasteiger partial charge in [-0.2, -0.15) is 0 Å². The van der Waals surface area contributed by atoms with Crippen LogP contribution >= 0.6 is 15.9 Å². The molecule has 3 rings (SSSR count). The number of H-pyrrole nitrogens is 1. The summed E-state index contributed by atoms with van der Waals surface area (Å²) >= 11 is 3.42. The zero-order chi connectivity index (χ0) is 20.3. The Kier molecular flexibility index (Phi) is 5.89. The molecule has 0 saturated carbocycles. The van der Waals surface area contributed by atoms with Crippen LogP contribution in [0, 0.1) is 6.92 Å². The summed E-state index contributed by atoms with van der Waals surface area (Å²) in [5.74, 6) is 0.652. The topological polar surface area (TPSA) is 85.4 Å². The van der Waals surface area contributed by atoms with Gasteiger partial charge in [0.1, 0.15) is 0 Å². The number of halogens is 1. The predicted molar refractivity (Wildman–Crippen MR) is 111 cm³/mol. The number of para-hydroxylation sites is 2. The van der Waals surface area contributed by atoms with Crippen LogP contribution in [0.15, 0.2) is 51.9 Å². The largest absolute Gasteiger partial charge is 0.493 e. The summed E-state index contributed by atoms with van der Waals surface area (Å²) in [5.41, 5.74) is 1.94. The first-order valence-electron chi connectivity index (χ1n) is 8.64. The highest BCUT2D eigenvalue weighted by atomic mass is 79.9. The van der Waals surface area contributed by atoms with E-state index in [1.54, 1.807) is 42.6 Å². The van der Waals surface area contributed by atoms with Crippen molar-refractivity contribution in [3.8, 4) is 17.2 Å². The Balaban J connectivity index is 1.97. The number of nitrogens with one attached hydrogen (secondary N) is 2. The molecule has 0 aliphatic heterocycles. The van der Waals surface area contributed by atoms with Gasteiger partial charge >= 0.3 is 5.69 Å². The number of hydrogen-bond acceptors (Lipinski definition) is 4. The van der Waals surface area contributed by atoms with E-state index < -0.39 is 0 Å². The molecule has 1 heterocycles. The molecular weight excluding hydrogens is 426 g/mol. The molecule has 3 aromatic rings. The summed E-state index contributed by atoms with van der Waals surface area (Å²) in [5, 5.41) is 2.87. The molecule has 1 aromatic heterocycles. The van der Waals surface area contributed by atoms with Gasteiger partial charge in [0.05, 0.1) is 29.6 Å². The van der Waals surface area contributed by atoms with Crippen LogP contribution < -0.4 is 20.5 Å². The van der Waals surface area contributed by atoms with Crippen LogP contribution in [0.2, 0.25) is 0 Å². The number of rotatable bonds is 6. The third kappa shape index (κ3) is 3.82. The fourth-order valence-electron chi connectivity index (χ4n) is 2.86. The van der Waals surface area contributed by atoms with Gasteiger partial charge < -0.3 is 19.8 Å². The van der Waals surface area contributed by atoms with Crippen molar-refractivity contribution in [2.45, 2.75) is 13.8 Å². The summed E-state index contributed by atoms with van der Waals surface area (Å²) < 4.78 is 13.0. The number of carbonyl (C=O) groups is 1. The van der Waals surface area contributed by atoms with E-state index in [9.17, 15) is 9.59 Å². The fraction of sp³-hybridized carbons (Fsp3) is 0.200. The average molecular weight is 446 g/mol. The highest BCUT2D eigenvalue weighted by Gasteiger charge is 2.17. The summed E-state index contributed by atoms with van der Waals surface area (Å²) in [6.45, 7) is 4.15. The van der Waals surface area contributed by atoms with Gasteiger partial charge in [0.15, 0.2) is 11.5 Å². The Labute approximate surface area is 170 Å². The molecule has 0 aliphatic rings. The molecule has 28 heavy (non-hydrogen) atoms. The minimum Gasteiger partial charge on any atom is -0.493 e. The van der Waals surface area contributed by atoms with Crippen molar-refractivity contribution in [1.82, 2.24) is 9.55 Å². The van der Waals surface area contributed by atoms with E-state index in [0.717, 1.165) is 5.69 Å². The van der Waals surface area contributed by atoms with Crippen LogP contribution in [0.4, 0.5) is 5.69 Å². The van der Waals surface area contributed by atoms with E-state index in [0.29, 0.717) is 39.5 Å². The third-order valence-corrected chi connectivity index (χ3v) is 4.72. The van der Waals surface area contributed by atoms with Crippen molar-refractivity contribution >= 4 is 27.5 Å². The summed E-state index contributed by atoms with van der Waals surface area (Å²) in [7, 11) is 1.52. The number of imidazole rings is 1. The molecule has 0 saturated heterocycles. The van der Waals surface area contributed by atoms with Gasteiger partial charge in [-0.15, -0.1) is 0 Å². The zero-order valence-electron chi connectivity index (χ0n) is 15.7. The van der Waals surface area contributed by atoms with E-state index in [1.807, 2.05) is 13.8 Å². The fourth-order valence-corrected chi connectivity index (χ4v) is 3.42. The normalized spacial score (nSPS) is 10.6. The van der Waals surface area contributed by atoms with Crippen LogP contribution in [0.3, 0.4) is 0 Å². The highest BCUT2D eigenvalue weighted by molar-refractivity contribution is 9.10. The van der Waals surface area contributed by atoms with Gasteiger partial charge in [0.2, 0.25) is 0 Å². The lowest BCUT2D eigenvalue weighted by Gasteiger charge is -2.15. The van der Waals surface area contributed by atoms with Gasteiger partial charge in [-0.05, 0) is 54.0 Å². The molecule has 2 aromatic carbocycles. The number of benzene rings is 2. The molecule has 0 unspecified atom stereocenters. The number of amides is 1. The second-order valence-electron chi connectivity index (χ2n) is 5.96. The van der Waals surface area contributed by atoms with Gasteiger partial charge in [-0.25, -0.2) is 4.79 Å². The van der Waals surface area contributed by atoms with Crippen molar-refractivity contribution in [3.05, 3.63) is 68.8 Å². The van der Waals surface area contributed by atoms with Crippen LogP contribution in [0.5, 0.6) is 11.5 Å². The maximum absolute atomic E-state index is 12.9. The first-order valence-corrected chi connectivity index (χ1v) is 9.43. The number of hydrogen-bond donors (Lipinski definition) is 2. The Bertz CT molecular complexity index is 1070. The lowest BCUT2D eigenvalue weighted by Crippen LogP contribution is -2.19. The molecule has 8 heteroatoms. The smallest absolute Gasteiger partial charge is 0.330 e. The van der Waals surface area contributed by atoms with Crippen LogP contribution in [-0.2, 0) is 0 Å². The van der Waals surface area contributed by atoms with Gasteiger partial charge in [0, 0.05) is 17.5 Å². The van der Waals surface area contributed by atoms with Crippen LogP contribution in [-0.4, -0.2) is 29.2 Å². The summed E-state index contributed by atoms with van der Waals surface area (Å²) in [6.07, 6.45) is 1.62. The minimum absolute atomic E-state index is 0.273. The molecule has 0 bridgehead atoms. The van der Waals surface area contributed by atoms with Crippen LogP contribution in [0.25, 0.3) is 5.69 Å². The van der Waals surface area contributed by atoms with Gasteiger partial charge in [-0.1, -0.05) is 12.1 Å². The maximum Gasteiger partial charge on any atom is 0.330 e. The predicted octanol–water partition coefficient (Wildman–Crippen LogP) is 3.90. The molecular formula is C20H20BrN3O4. The van der Waals surface area contributed by atoms with Crippen molar-refractivity contribution in [2.24, 2.45) is 0 Å². The van der Waals surface area contributed by atoms with E-state index >= 15 is 0 Å². The molecule has 0 fully saturated rings. The minimum atomic E-state index is -0.337. The SMILES string of the molecule is CCOc1c(Br)cc(C(=O)Nc2ccccc2-n2c(C)c[nH]c2=O)cc1OC. The van der Waals surface area contributed by atoms with Crippen molar-refractivity contribution in [3.63, 3.8) is 0 Å². The molecule has 146 valence electrons. The van der Waals surface area contributed by atoms with Gasteiger partial charge in [0.25, 0.3) is 5.91 Å². The average Bonchev–Trinajstić information content (AvgIpc) is 3.02. The molecule has 7 nitrogen and oxygen atoms in total. The third-order valence-electron chi connectivity index (χ3n) is 4.13. The second kappa shape index (κ2) is 8.35. The second-order valence-corrected chi connectivity index (χ2v) is 6.82. The number of methoxy groups -OCH3 is 1. The quantitative estimate of drug-likeness (QED) is 0.602. The number of ether oxygens (including phenoxy) is 2. The lowest BCUT2D eigenvalue weighted by molar-refractivity contribution is 0.102. The Hall–Kier alpha value is -3.00. The van der Waals surface area contributed by atoms with Gasteiger partial charge in [-0.3, -0.25) is 9.36 Å². The molecule has 1 amide bonds. The summed E-state index contributed by atoms with van der Waals surface area (Å²) in [4.78, 5) is 27.7. The molecule has 0 spiro atoms. The Morgan fingerprint density at radius 2 is 2.04 bits per heavy atom. The zero-order valence-corrected chi connectivity index (χ0v) is 17.3. The first-order chi connectivity index (χ1) is 13.5. The molecule has 0 atom stereocenters. The van der Waals surface area contributed by atoms with Crippen molar-refractivity contribution in [1.29, 1.82) is 0 Å². The van der Waals surface area contributed by atoms with E-state index in [4.69, 9.17) is 9.47 Å². The lowest BCUT2D eigenvalue weighted by atomic mass is 10.1. The highest BCUT2D eigenvalue weighted by Crippen LogP contribution is 2.37. The molecule has 0 radical (unpaired) electrons. The van der Waals surface area contributed by atoms with E-state index in [2.05, 4.69) is 26.2 Å². The first kappa shape index (κ1) is 19.8. The van der Waals surface area contributed by atoms with Crippen molar-refractivity contribution < 1.29 is 14.3 Å². The number of aryl methyl sites for hydroxylation is 1. The Morgan fingerprint density at radius 1 is 1.29 bits per heavy atom. The van der Waals surface area contributed by atoms with E-state index in [1.165, 1.54) is 11.7 Å².